The largest absolute Gasteiger partial charge is 0.469 e. The fourth-order valence-corrected chi connectivity index (χ4v) is 1.69. The minimum Gasteiger partial charge on any atom is -0.469 e. The number of hydrogen-bond donors (Lipinski definition) is 0. The summed E-state index contributed by atoms with van der Waals surface area (Å²) in [6, 6.07) is 4.37. The van der Waals surface area contributed by atoms with E-state index in [1.165, 1.54) is 38.3 Å². The van der Waals surface area contributed by atoms with Gasteiger partial charge in [0.15, 0.2) is 0 Å². The van der Waals surface area contributed by atoms with E-state index in [-0.39, 0.29) is 6.42 Å². The zero-order valence-corrected chi connectivity index (χ0v) is 10.1. The Hall–Kier alpha value is -1.98. The van der Waals surface area contributed by atoms with Crippen molar-refractivity contribution in [2.75, 3.05) is 7.11 Å². The Morgan fingerprint density at radius 3 is 2.44 bits per heavy atom. The maximum atomic E-state index is 12.8. The van der Waals surface area contributed by atoms with E-state index in [2.05, 4.69) is 4.74 Å². The number of rotatable bonds is 5. The summed E-state index contributed by atoms with van der Waals surface area (Å²) in [5.41, 5.74) is 0.547. The predicted molar refractivity (Wildman–Crippen MR) is 62.2 cm³/mol. The molecule has 5 nitrogen and oxygen atoms in total. The summed E-state index contributed by atoms with van der Waals surface area (Å²) in [5.74, 6) is -1.59. The van der Waals surface area contributed by atoms with Gasteiger partial charge in [0, 0.05) is 11.8 Å². The first kappa shape index (κ1) is 14.1. The maximum absolute atomic E-state index is 12.8. The van der Waals surface area contributed by atoms with Crippen LogP contribution >= 0.6 is 0 Å². The highest BCUT2D eigenvalue weighted by molar-refractivity contribution is 5.70. The molecule has 2 atom stereocenters. The Morgan fingerprint density at radius 1 is 1.44 bits per heavy atom. The molecular formula is C12H14FNO4. The van der Waals surface area contributed by atoms with E-state index in [4.69, 9.17) is 0 Å². The lowest BCUT2D eigenvalue weighted by Crippen LogP contribution is -2.26. The number of benzene rings is 1. The highest BCUT2D eigenvalue weighted by Gasteiger charge is 2.30. The number of carbonyl (C=O) groups excluding carboxylic acids is 1. The Morgan fingerprint density at radius 2 is 2.00 bits per heavy atom. The van der Waals surface area contributed by atoms with Gasteiger partial charge in [0.25, 0.3) is 0 Å². The van der Waals surface area contributed by atoms with Gasteiger partial charge in [-0.3, -0.25) is 14.9 Å². The van der Waals surface area contributed by atoms with Crippen molar-refractivity contribution in [1.29, 1.82) is 0 Å². The quantitative estimate of drug-likeness (QED) is 0.459. The molecule has 1 rings (SSSR count). The van der Waals surface area contributed by atoms with E-state index in [9.17, 15) is 19.3 Å². The van der Waals surface area contributed by atoms with Crippen molar-refractivity contribution in [1.82, 2.24) is 0 Å². The van der Waals surface area contributed by atoms with Crippen LogP contribution in [0.1, 0.15) is 24.8 Å². The highest BCUT2D eigenvalue weighted by atomic mass is 19.1. The molecule has 0 amide bonds. The van der Waals surface area contributed by atoms with Crippen LogP contribution in [0.15, 0.2) is 24.3 Å². The second-order valence-electron chi connectivity index (χ2n) is 3.96. The van der Waals surface area contributed by atoms with Crippen molar-refractivity contribution in [2.45, 2.75) is 25.3 Å². The van der Waals surface area contributed by atoms with Gasteiger partial charge in [0.1, 0.15) is 5.82 Å². The molecule has 0 aliphatic rings. The van der Waals surface area contributed by atoms with Gasteiger partial charge in [-0.25, -0.2) is 4.39 Å². The lowest BCUT2D eigenvalue weighted by Gasteiger charge is -2.17. The van der Waals surface area contributed by atoms with Crippen LogP contribution < -0.4 is 0 Å². The van der Waals surface area contributed by atoms with E-state index in [0.29, 0.717) is 5.56 Å². The topological polar surface area (TPSA) is 69.4 Å². The summed E-state index contributed by atoms with van der Waals surface area (Å²) in [6.07, 6.45) is -0.107. The number of nitro groups is 1. The Kier molecular flexibility index (Phi) is 4.76. The summed E-state index contributed by atoms with van der Waals surface area (Å²) >= 11 is 0. The third-order valence-corrected chi connectivity index (χ3v) is 2.83. The lowest BCUT2D eigenvalue weighted by atomic mass is 9.90. The number of esters is 1. The first-order chi connectivity index (χ1) is 8.45. The fraction of sp³-hybridized carbons (Fsp3) is 0.417. The lowest BCUT2D eigenvalue weighted by molar-refractivity contribution is -0.522. The van der Waals surface area contributed by atoms with Crippen molar-refractivity contribution in [3.8, 4) is 0 Å². The Bertz CT molecular complexity index is 432. The zero-order valence-electron chi connectivity index (χ0n) is 10.1. The molecule has 18 heavy (non-hydrogen) atoms. The number of ether oxygens (including phenoxy) is 1. The minimum atomic E-state index is -0.949. The van der Waals surface area contributed by atoms with E-state index in [1.807, 2.05) is 0 Å². The molecule has 0 radical (unpaired) electrons. The normalized spacial score (nSPS) is 13.7. The van der Waals surface area contributed by atoms with E-state index < -0.39 is 28.7 Å². The number of nitrogens with zero attached hydrogens (tertiary/aromatic N) is 1. The van der Waals surface area contributed by atoms with E-state index >= 15 is 0 Å². The second kappa shape index (κ2) is 6.09. The smallest absolute Gasteiger partial charge is 0.306 e. The number of hydrogen-bond acceptors (Lipinski definition) is 4. The summed E-state index contributed by atoms with van der Waals surface area (Å²) in [7, 11) is 1.22. The van der Waals surface area contributed by atoms with Gasteiger partial charge in [-0.2, -0.15) is 0 Å². The van der Waals surface area contributed by atoms with Crippen molar-refractivity contribution >= 4 is 5.97 Å². The first-order valence-corrected chi connectivity index (χ1v) is 5.41. The predicted octanol–water partition coefficient (Wildman–Crippen LogP) is 2.14. The molecular weight excluding hydrogens is 241 g/mol. The second-order valence-corrected chi connectivity index (χ2v) is 3.96. The third-order valence-electron chi connectivity index (χ3n) is 2.83. The van der Waals surface area contributed by atoms with Crippen molar-refractivity contribution in [3.63, 3.8) is 0 Å². The number of halogens is 1. The third kappa shape index (κ3) is 3.51. The zero-order chi connectivity index (χ0) is 13.7. The van der Waals surface area contributed by atoms with Gasteiger partial charge in [-0.05, 0) is 17.7 Å². The molecule has 0 saturated carbocycles. The van der Waals surface area contributed by atoms with Gasteiger partial charge in [0.05, 0.1) is 19.4 Å². The average Bonchev–Trinajstić information content (AvgIpc) is 2.36. The van der Waals surface area contributed by atoms with Crippen molar-refractivity contribution in [2.24, 2.45) is 0 Å². The number of carbonyl (C=O) groups is 1. The molecule has 0 fully saturated rings. The van der Waals surface area contributed by atoms with Crippen molar-refractivity contribution < 1.29 is 18.8 Å². The molecule has 0 N–H and O–H groups in total. The van der Waals surface area contributed by atoms with E-state index in [1.54, 1.807) is 0 Å². The molecule has 0 bridgehead atoms. The van der Waals surface area contributed by atoms with Crippen LogP contribution in [0, 0.1) is 15.9 Å². The molecule has 0 aromatic heterocycles. The van der Waals surface area contributed by atoms with Crippen LogP contribution in [-0.2, 0) is 9.53 Å². The molecule has 0 unspecified atom stereocenters. The minimum absolute atomic E-state index is 0.107. The van der Waals surface area contributed by atoms with Gasteiger partial charge < -0.3 is 4.74 Å². The molecule has 1 aromatic carbocycles. The molecule has 0 aliphatic heterocycles. The van der Waals surface area contributed by atoms with Gasteiger partial charge in [-0.15, -0.1) is 0 Å². The van der Waals surface area contributed by atoms with Gasteiger partial charge >= 0.3 is 5.97 Å². The molecule has 6 heteroatoms. The monoisotopic (exact) mass is 255 g/mol. The molecule has 0 spiro atoms. The van der Waals surface area contributed by atoms with Crippen LogP contribution in [-0.4, -0.2) is 24.0 Å². The van der Waals surface area contributed by atoms with Crippen molar-refractivity contribution in [3.05, 3.63) is 45.8 Å². The Labute approximate surface area is 104 Å². The number of methoxy groups -OCH3 is 1. The molecule has 0 heterocycles. The standard InChI is InChI=1S/C12H14FNO4/c1-8(14(16)17)11(7-12(15)18-2)9-3-5-10(13)6-4-9/h3-6,8,11H,7H2,1-2H3/t8-,11-/m0/s1. The first-order valence-electron chi connectivity index (χ1n) is 5.41. The average molecular weight is 255 g/mol. The highest BCUT2D eigenvalue weighted by Crippen LogP contribution is 2.26. The Balaban J connectivity index is 2.99. The molecule has 98 valence electrons. The summed E-state index contributed by atoms with van der Waals surface area (Å²) < 4.78 is 17.3. The summed E-state index contributed by atoms with van der Waals surface area (Å²) in [6.45, 7) is 1.41. The van der Waals surface area contributed by atoms with Gasteiger partial charge in [-0.1, -0.05) is 12.1 Å². The van der Waals surface area contributed by atoms with Crippen LogP contribution in [0.2, 0.25) is 0 Å². The fourth-order valence-electron chi connectivity index (χ4n) is 1.69. The summed E-state index contributed by atoms with van der Waals surface area (Å²) in [4.78, 5) is 21.6. The van der Waals surface area contributed by atoms with Crippen LogP contribution in [0.5, 0.6) is 0 Å². The van der Waals surface area contributed by atoms with Gasteiger partial charge in [0.2, 0.25) is 6.04 Å². The molecule has 0 saturated heterocycles. The van der Waals surface area contributed by atoms with Crippen LogP contribution in [0.25, 0.3) is 0 Å². The van der Waals surface area contributed by atoms with Crippen LogP contribution in [0.3, 0.4) is 0 Å². The van der Waals surface area contributed by atoms with Crippen LogP contribution in [0.4, 0.5) is 4.39 Å². The SMILES string of the molecule is COC(=O)C[C@H](c1ccc(F)cc1)[C@H](C)[N+](=O)[O-]. The van der Waals surface area contributed by atoms with E-state index in [0.717, 1.165) is 0 Å². The molecule has 0 aliphatic carbocycles. The summed E-state index contributed by atoms with van der Waals surface area (Å²) in [5, 5.41) is 10.8. The maximum Gasteiger partial charge on any atom is 0.306 e. The molecule has 1 aromatic rings.